The number of carbonyl (C=O) groups is 1. The van der Waals surface area contributed by atoms with E-state index in [0.29, 0.717) is 0 Å². The number of ether oxygens (including phenoxy) is 2. The molecule has 0 aromatic heterocycles. The van der Waals surface area contributed by atoms with Gasteiger partial charge in [0.15, 0.2) is 0 Å². The van der Waals surface area contributed by atoms with Gasteiger partial charge < -0.3 is 9.84 Å². The van der Waals surface area contributed by atoms with Crippen LogP contribution in [-0.4, -0.2) is 23.9 Å². The first-order valence-corrected chi connectivity index (χ1v) is 2.19. The molecule has 0 aromatic carbocycles. The number of hydrogen-bond donors (Lipinski definition) is 1. The second-order valence-corrected chi connectivity index (χ2v) is 1.38. The molecule has 0 bridgehead atoms. The lowest BCUT2D eigenvalue weighted by Crippen LogP contribution is -2.34. The van der Waals surface area contributed by atoms with Crippen molar-refractivity contribution in [1.29, 1.82) is 0 Å². The first-order chi connectivity index (χ1) is 5.12. The van der Waals surface area contributed by atoms with Crippen LogP contribution < -0.4 is 0 Å². The van der Waals surface area contributed by atoms with E-state index >= 15 is 0 Å². The first-order valence-electron chi connectivity index (χ1n) is 2.19. The normalized spacial score (nSPS) is 12.8. The van der Waals surface area contributed by atoms with Crippen LogP contribution in [0.15, 0.2) is 0 Å². The van der Waals surface area contributed by atoms with Gasteiger partial charge in [0.05, 0.1) is 0 Å². The second-order valence-electron chi connectivity index (χ2n) is 1.38. The minimum absolute atomic E-state index is 2.00. The Hall–Kier alpha value is -1.12. The van der Waals surface area contributed by atoms with E-state index in [9.17, 15) is 26.7 Å². The van der Waals surface area contributed by atoms with E-state index in [1.165, 1.54) is 0 Å². The third-order valence-corrected chi connectivity index (χ3v) is 0.441. The number of alkyl halides is 5. The fraction of sp³-hybridized carbons (Fsp3) is 0.667. The Labute approximate surface area is 61.5 Å². The molecule has 0 fully saturated rings. The quantitative estimate of drug-likeness (QED) is 0.415. The summed E-state index contributed by atoms with van der Waals surface area (Å²) >= 11 is 0. The maximum absolute atomic E-state index is 11.6. The van der Waals surface area contributed by atoms with E-state index in [4.69, 9.17) is 5.11 Å². The predicted octanol–water partition coefficient (Wildman–Crippen LogP) is 1.77. The molecule has 0 radical (unpaired) electrons. The molecule has 0 aliphatic carbocycles. The summed E-state index contributed by atoms with van der Waals surface area (Å²) < 4.78 is 60.8. The van der Waals surface area contributed by atoms with Crippen molar-refractivity contribution in [2.24, 2.45) is 0 Å². The van der Waals surface area contributed by atoms with Crippen molar-refractivity contribution >= 4 is 6.16 Å². The average Bonchev–Trinajstić information content (AvgIpc) is 1.48. The molecule has 0 aliphatic heterocycles. The summed E-state index contributed by atoms with van der Waals surface area (Å²) in [6, 6.07) is 0. The second kappa shape index (κ2) is 3.09. The van der Waals surface area contributed by atoms with Crippen LogP contribution in [0.3, 0.4) is 0 Å². The molecule has 4 nitrogen and oxygen atoms in total. The number of rotatable bonds is 2. The van der Waals surface area contributed by atoms with Crippen LogP contribution in [0.25, 0.3) is 0 Å². The molecule has 0 unspecified atom stereocenters. The van der Waals surface area contributed by atoms with Crippen molar-refractivity contribution in [3.63, 3.8) is 0 Å². The molecule has 0 rings (SSSR count). The van der Waals surface area contributed by atoms with Crippen LogP contribution in [-0.2, 0) is 9.47 Å². The van der Waals surface area contributed by atoms with Crippen molar-refractivity contribution in [2.45, 2.75) is 12.7 Å². The highest BCUT2D eigenvalue weighted by Gasteiger charge is 2.49. The molecule has 0 atom stereocenters. The molecule has 0 spiro atoms. The lowest BCUT2D eigenvalue weighted by molar-refractivity contribution is -0.484. The van der Waals surface area contributed by atoms with Crippen molar-refractivity contribution in [1.82, 2.24) is 0 Å². The Morgan fingerprint density at radius 3 is 1.83 bits per heavy atom. The highest BCUT2D eigenvalue weighted by atomic mass is 19.4. The van der Waals surface area contributed by atoms with Gasteiger partial charge in [-0.1, -0.05) is 0 Å². The highest BCUT2D eigenvalue weighted by molar-refractivity contribution is 5.56. The van der Waals surface area contributed by atoms with Gasteiger partial charge in [-0.05, 0) is 0 Å². The van der Waals surface area contributed by atoms with Gasteiger partial charge in [-0.25, -0.2) is 4.79 Å². The van der Waals surface area contributed by atoms with E-state index in [1.54, 1.807) is 0 Å². The molecule has 0 aliphatic rings. The Morgan fingerprint density at radius 2 is 1.58 bits per heavy atom. The van der Waals surface area contributed by atoms with E-state index in [2.05, 4.69) is 4.74 Å². The molecule has 12 heavy (non-hydrogen) atoms. The van der Waals surface area contributed by atoms with Crippen LogP contribution in [0.1, 0.15) is 0 Å². The lowest BCUT2D eigenvalue weighted by Gasteiger charge is -2.15. The average molecular weight is 196 g/mol. The molecule has 9 heteroatoms. The van der Waals surface area contributed by atoms with Crippen LogP contribution in [0.5, 0.6) is 0 Å². The molecule has 0 aromatic rings. The highest BCUT2D eigenvalue weighted by Crippen LogP contribution is 2.28. The molecular weight excluding hydrogens is 195 g/mol. The summed E-state index contributed by atoms with van der Waals surface area (Å²) in [6.07, 6.45) is -13.5. The van der Waals surface area contributed by atoms with Crippen LogP contribution in [0, 0.1) is 0 Å². The van der Waals surface area contributed by atoms with Crippen molar-refractivity contribution in [2.75, 3.05) is 0 Å². The zero-order valence-electron chi connectivity index (χ0n) is 5.06. The van der Waals surface area contributed by atoms with Gasteiger partial charge in [0, 0.05) is 0 Å². The summed E-state index contributed by atoms with van der Waals surface area (Å²) in [6.45, 7) is 0. The summed E-state index contributed by atoms with van der Waals surface area (Å²) in [5.74, 6) is 0. The number of carboxylic acid groups (broad SMARTS) is 1. The fourth-order valence-electron chi connectivity index (χ4n) is 0.257. The van der Waals surface area contributed by atoms with E-state index in [0.717, 1.165) is 0 Å². The Balaban J connectivity index is 4.13. The van der Waals surface area contributed by atoms with Crippen LogP contribution in [0.4, 0.5) is 26.7 Å². The molecule has 0 saturated heterocycles. The van der Waals surface area contributed by atoms with Gasteiger partial charge in [0.2, 0.25) is 0 Å². The van der Waals surface area contributed by atoms with Crippen LogP contribution in [0.2, 0.25) is 0 Å². The third kappa shape index (κ3) is 5.65. The minimum Gasteiger partial charge on any atom is -0.450 e. The van der Waals surface area contributed by atoms with Gasteiger partial charge in [-0.3, -0.25) is 0 Å². The SMILES string of the molecule is O=C(O)OC(F)(F)OC(F)(F)F. The minimum atomic E-state index is -5.67. The summed E-state index contributed by atoms with van der Waals surface area (Å²) in [5.41, 5.74) is 0. The molecule has 0 amide bonds. The Morgan fingerprint density at radius 1 is 1.17 bits per heavy atom. The molecule has 1 N–H and O–H groups in total. The summed E-state index contributed by atoms with van der Waals surface area (Å²) in [7, 11) is 0. The van der Waals surface area contributed by atoms with Crippen molar-refractivity contribution in [3.8, 4) is 0 Å². The molecule has 0 saturated carbocycles. The van der Waals surface area contributed by atoms with Gasteiger partial charge in [0.1, 0.15) is 0 Å². The van der Waals surface area contributed by atoms with Crippen molar-refractivity contribution in [3.05, 3.63) is 0 Å². The third-order valence-electron chi connectivity index (χ3n) is 0.441. The Bertz CT molecular complexity index is 174. The largest absolute Gasteiger partial charge is 0.546 e. The number of hydrogen-bond acceptors (Lipinski definition) is 3. The number of halogens is 5. The first kappa shape index (κ1) is 10.9. The van der Waals surface area contributed by atoms with Crippen molar-refractivity contribution < 1.29 is 41.3 Å². The smallest absolute Gasteiger partial charge is 0.450 e. The standard InChI is InChI=1S/C3HF5O4/c4-2(5,6)12-3(7,8)11-1(9)10/h(H,9,10). The Kier molecular flexibility index (Phi) is 2.80. The monoisotopic (exact) mass is 196 g/mol. The van der Waals surface area contributed by atoms with Gasteiger partial charge in [-0.15, -0.1) is 22.0 Å². The van der Waals surface area contributed by atoms with Gasteiger partial charge in [-0.2, -0.15) is 4.74 Å². The topological polar surface area (TPSA) is 55.8 Å². The summed E-state index contributed by atoms with van der Waals surface area (Å²) in [4.78, 5) is 9.35. The van der Waals surface area contributed by atoms with Crippen LogP contribution >= 0.6 is 0 Å². The van der Waals surface area contributed by atoms with Gasteiger partial charge in [0.25, 0.3) is 0 Å². The zero-order chi connectivity index (χ0) is 9.99. The molecule has 0 heterocycles. The molecular formula is C3HF5O4. The van der Waals surface area contributed by atoms with E-state index in [-0.39, 0.29) is 0 Å². The summed E-state index contributed by atoms with van der Waals surface area (Å²) in [5, 5.41) is 7.50. The van der Waals surface area contributed by atoms with E-state index < -0.39 is 18.8 Å². The maximum atomic E-state index is 11.6. The van der Waals surface area contributed by atoms with Gasteiger partial charge >= 0.3 is 18.8 Å². The zero-order valence-corrected chi connectivity index (χ0v) is 5.06. The lowest BCUT2D eigenvalue weighted by atomic mass is 11.1. The maximum Gasteiger partial charge on any atom is 0.546 e. The molecule has 72 valence electrons. The predicted molar refractivity (Wildman–Crippen MR) is 21.2 cm³/mol. The van der Waals surface area contributed by atoms with E-state index in [1.807, 2.05) is 4.74 Å². The fourth-order valence-corrected chi connectivity index (χ4v) is 0.257.